The molecule has 0 aliphatic heterocycles. The molecule has 6 nitrogen and oxygen atoms in total. The first-order valence-electron chi connectivity index (χ1n) is 5.60. The van der Waals surface area contributed by atoms with E-state index in [1.807, 2.05) is 19.1 Å². The van der Waals surface area contributed by atoms with Crippen molar-refractivity contribution in [3.05, 3.63) is 47.5 Å². The Morgan fingerprint density at radius 3 is 2.56 bits per heavy atom. The van der Waals surface area contributed by atoms with Crippen LogP contribution in [0.1, 0.15) is 34.7 Å². The average Bonchev–Trinajstić information content (AvgIpc) is 2.78. The van der Waals surface area contributed by atoms with Gasteiger partial charge in [-0.25, -0.2) is 9.67 Å². The van der Waals surface area contributed by atoms with E-state index in [1.54, 1.807) is 23.1 Å². The minimum Gasteiger partial charge on any atom is -0.366 e. The summed E-state index contributed by atoms with van der Waals surface area (Å²) in [6.07, 6.45) is 1.64. The van der Waals surface area contributed by atoms with E-state index in [1.165, 1.54) is 0 Å². The number of hydrogen-bond acceptors (Lipinski definition) is 4. The normalized spacial score (nSPS) is 12.3. The van der Waals surface area contributed by atoms with Crippen molar-refractivity contribution < 1.29 is 4.79 Å². The molecule has 4 N–H and O–H groups in total. The van der Waals surface area contributed by atoms with Crippen LogP contribution in [0.4, 0.5) is 0 Å². The van der Waals surface area contributed by atoms with Crippen LogP contribution in [0.5, 0.6) is 0 Å². The molecule has 0 aliphatic carbocycles. The molecule has 1 aromatic heterocycles. The Morgan fingerprint density at radius 1 is 1.39 bits per heavy atom. The minimum atomic E-state index is -0.429. The van der Waals surface area contributed by atoms with Crippen molar-refractivity contribution in [3.63, 3.8) is 0 Å². The van der Waals surface area contributed by atoms with E-state index in [2.05, 4.69) is 10.1 Å². The van der Waals surface area contributed by atoms with Crippen LogP contribution in [0.25, 0.3) is 0 Å². The number of hydrogen-bond donors (Lipinski definition) is 2. The standard InChI is InChI=1S/C12H15N5O/c1-8(13)12-15-7-17(16-12)6-9-2-4-10(5-3-9)11(14)18/h2-5,7-8H,6,13H2,1H3,(H2,14,18). The van der Waals surface area contributed by atoms with E-state index in [-0.39, 0.29) is 6.04 Å². The summed E-state index contributed by atoms with van der Waals surface area (Å²) in [4.78, 5) is 15.0. The van der Waals surface area contributed by atoms with Crippen molar-refractivity contribution in [2.45, 2.75) is 19.5 Å². The molecule has 2 rings (SSSR count). The minimum absolute atomic E-state index is 0.177. The Kier molecular flexibility index (Phi) is 3.38. The van der Waals surface area contributed by atoms with E-state index in [0.29, 0.717) is 17.9 Å². The van der Waals surface area contributed by atoms with Crippen molar-refractivity contribution in [3.8, 4) is 0 Å². The molecule has 18 heavy (non-hydrogen) atoms. The Morgan fingerprint density at radius 2 is 2.06 bits per heavy atom. The highest BCUT2D eigenvalue weighted by Gasteiger charge is 2.06. The van der Waals surface area contributed by atoms with Gasteiger partial charge in [0.1, 0.15) is 6.33 Å². The highest BCUT2D eigenvalue weighted by Crippen LogP contribution is 2.07. The summed E-state index contributed by atoms with van der Waals surface area (Å²) in [6.45, 7) is 2.42. The molecule has 1 unspecified atom stereocenters. The lowest BCUT2D eigenvalue weighted by Crippen LogP contribution is -2.11. The summed E-state index contributed by atoms with van der Waals surface area (Å²) >= 11 is 0. The number of nitrogens with zero attached hydrogens (tertiary/aromatic N) is 3. The Balaban J connectivity index is 2.10. The van der Waals surface area contributed by atoms with Crippen LogP contribution in [-0.4, -0.2) is 20.7 Å². The monoisotopic (exact) mass is 245 g/mol. The van der Waals surface area contributed by atoms with Gasteiger partial charge in [-0.2, -0.15) is 5.10 Å². The number of aromatic nitrogens is 3. The third-order valence-electron chi connectivity index (χ3n) is 2.54. The third-order valence-corrected chi connectivity index (χ3v) is 2.54. The number of carbonyl (C=O) groups excluding carboxylic acids is 1. The molecule has 1 aromatic carbocycles. The van der Waals surface area contributed by atoms with Crippen molar-refractivity contribution in [2.75, 3.05) is 0 Å². The fourth-order valence-corrected chi connectivity index (χ4v) is 1.56. The lowest BCUT2D eigenvalue weighted by molar-refractivity contribution is 0.100. The fourth-order valence-electron chi connectivity index (χ4n) is 1.56. The Labute approximate surface area is 105 Å². The van der Waals surface area contributed by atoms with Gasteiger partial charge < -0.3 is 11.5 Å². The molecule has 0 radical (unpaired) electrons. The maximum Gasteiger partial charge on any atom is 0.248 e. The molecule has 1 atom stereocenters. The highest BCUT2D eigenvalue weighted by molar-refractivity contribution is 5.92. The predicted octanol–water partition coefficient (Wildman–Crippen LogP) is 0.445. The van der Waals surface area contributed by atoms with Crippen LogP contribution >= 0.6 is 0 Å². The highest BCUT2D eigenvalue weighted by atomic mass is 16.1. The number of primary amides is 1. The van der Waals surface area contributed by atoms with Crippen LogP contribution < -0.4 is 11.5 Å². The molecule has 0 fully saturated rings. The summed E-state index contributed by atoms with van der Waals surface area (Å²) in [5.74, 6) is 0.185. The second-order valence-corrected chi connectivity index (χ2v) is 4.15. The molecule has 6 heteroatoms. The molecular weight excluding hydrogens is 230 g/mol. The molecule has 1 heterocycles. The maximum absolute atomic E-state index is 10.9. The molecular formula is C12H15N5O. The second kappa shape index (κ2) is 4.97. The summed E-state index contributed by atoms with van der Waals surface area (Å²) in [6, 6.07) is 6.89. The van der Waals surface area contributed by atoms with Crippen molar-refractivity contribution in [2.24, 2.45) is 11.5 Å². The summed E-state index contributed by atoms with van der Waals surface area (Å²) < 4.78 is 1.71. The lowest BCUT2D eigenvalue weighted by Gasteiger charge is -2.02. The first kappa shape index (κ1) is 12.3. The Hall–Kier alpha value is -2.21. The van der Waals surface area contributed by atoms with Crippen molar-refractivity contribution in [1.29, 1.82) is 0 Å². The quantitative estimate of drug-likeness (QED) is 0.816. The fraction of sp³-hybridized carbons (Fsp3) is 0.250. The lowest BCUT2D eigenvalue weighted by atomic mass is 10.1. The van der Waals surface area contributed by atoms with Crippen molar-refractivity contribution in [1.82, 2.24) is 14.8 Å². The number of benzene rings is 1. The summed E-state index contributed by atoms with van der Waals surface area (Å²) in [7, 11) is 0. The maximum atomic E-state index is 10.9. The average molecular weight is 245 g/mol. The van der Waals surface area contributed by atoms with Gasteiger partial charge in [0.2, 0.25) is 5.91 Å². The number of rotatable bonds is 4. The van der Waals surface area contributed by atoms with Gasteiger partial charge in [-0.05, 0) is 24.6 Å². The zero-order chi connectivity index (χ0) is 13.1. The van der Waals surface area contributed by atoms with Gasteiger partial charge >= 0.3 is 0 Å². The molecule has 0 aliphatic rings. The van der Waals surface area contributed by atoms with Gasteiger partial charge in [-0.15, -0.1) is 0 Å². The van der Waals surface area contributed by atoms with Crippen LogP contribution in [0.2, 0.25) is 0 Å². The van der Waals surface area contributed by atoms with E-state index in [9.17, 15) is 4.79 Å². The van der Waals surface area contributed by atoms with Crippen LogP contribution in [-0.2, 0) is 6.54 Å². The largest absolute Gasteiger partial charge is 0.366 e. The van der Waals surface area contributed by atoms with E-state index in [0.717, 1.165) is 5.56 Å². The van der Waals surface area contributed by atoms with Gasteiger partial charge in [0.05, 0.1) is 12.6 Å². The first-order valence-corrected chi connectivity index (χ1v) is 5.60. The van der Waals surface area contributed by atoms with Crippen LogP contribution in [0.3, 0.4) is 0 Å². The van der Waals surface area contributed by atoms with Gasteiger partial charge in [-0.3, -0.25) is 4.79 Å². The molecule has 2 aromatic rings. The van der Waals surface area contributed by atoms with Gasteiger partial charge in [0, 0.05) is 5.56 Å². The zero-order valence-corrected chi connectivity index (χ0v) is 10.1. The molecule has 0 bridgehead atoms. The smallest absolute Gasteiger partial charge is 0.248 e. The molecule has 0 saturated heterocycles. The van der Waals surface area contributed by atoms with E-state index in [4.69, 9.17) is 11.5 Å². The van der Waals surface area contributed by atoms with Crippen LogP contribution in [0, 0.1) is 0 Å². The second-order valence-electron chi connectivity index (χ2n) is 4.15. The predicted molar refractivity (Wildman–Crippen MR) is 66.7 cm³/mol. The first-order chi connectivity index (χ1) is 8.56. The van der Waals surface area contributed by atoms with Gasteiger partial charge in [0.15, 0.2) is 5.82 Å². The molecule has 0 saturated carbocycles. The summed E-state index contributed by atoms with van der Waals surface area (Å²) in [5.41, 5.74) is 12.4. The molecule has 94 valence electrons. The number of amides is 1. The number of nitrogens with two attached hydrogens (primary N) is 2. The zero-order valence-electron chi connectivity index (χ0n) is 10.1. The molecule has 0 spiro atoms. The topological polar surface area (TPSA) is 99.8 Å². The van der Waals surface area contributed by atoms with Crippen LogP contribution in [0.15, 0.2) is 30.6 Å². The van der Waals surface area contributed by atoms with Crippen molar-refractivity contribution >= 4 is 5.91 Å². The van der Waals surface area contributed by atoms with E-state index < -0.39 is 5.91 Å². The third kappa shape index (κ3) is 2.72. The van der Waals surface area contributed by atoms with Gasteiger partial charge in [-0.1, -0.05) is 12.1 Å². The number of carbonyl (C=O) groups is 1. The summed E-state index contributed by atoms with van der Waals surface area (Å²) in [5, 5.41) is 4.25. The van der Waals surface area contributed by atoms with Gasteiger partial charge in [0.25, 0.3) is 0 Å². The SMILES string of the molecule is CC(N)c1ncn(Cc2ccc(C(N)=O)cc2)n1. The Bertz CT molecular complexity index is 544. The molecule has 1 amide bonds. The van der Waals surface area contributed by atoms with E-state index >= 15 is 0 Å².